The first-order valence-electron chi connectivity index (χ1n) is 9.14. The van der Waals surface area contributed by atoms with Crippen LogP contribution in [0.5, 0.6) is 0 Å². The Bertz CT molecular complexity index is 743. The van der Waals surface area contributed by atoms with Crippen molar-refractivity contribution < 1.29 is 33.3 Å². The number of amides is 1. The van der Waals surface area contributed by atoms with Crippen molar-refractivity contribution in [3.63, 3.8) is 0 Å². The first-order chi connectivity index (χ1) is 13.2. The number of nitrogens with zero attached hydrogens (tertiary/aromatic N) is 1. The lowest BCUT2D eigenvalue weighted by Crippen LogP contribution is -2.53. The van der Waals surface area contributed by atoms with Crippen molar-refractivity contribution in [2.75, 3.05) is 13.7 Å². The Morgan fingerprint density at radius 3 is 2.43 bits per heavy atom. The molecule has 1 heterocycles. The molecule has 1 aromatic rings. The van der Waals surface area contributed by atoms with Crippen LogP contribution in [-0.4, -0.2) is 60.4 Å². The van der Waals surface area contributed by atoms with Crippen LogP contribution in [0.15, 0.2) is 30.3 Å². The van der Waals surface area contributed by atoms with E-state index >= 15 is 0 Å². The van der Waals surface area contributed by atoms with Crippen LogP contribution in [0.4, 0.5) is 4.79 Å². The molecular formula is C20H25NO7. The number of morpholine rings is 1. The predicted molar refractivity (Wildman–Crippen MR) is 97.1 cm³/mol. The van der Waals surface area contributed by atoms with E-state index in [1.165, 1.54) is 12.0 Å². The Morgan fingerprint density at radius 1 is 1.14 bits per heavy atom. The summed E-state index contributed by atoms with van der Waals surface area (Å²) in [7, 11) is 1.24. The minimum Gasteiger partial charge on any atom is -0.467 e. The normalized spacial score (nSPS) is 26.1. The van der Waals surface area contributed by atoms with Crippen LogP contribution in [0.25, 0.3) is 0 Å². The van der Waals surface area contributed by atoms with Crippen LogP contribution in [-0.2, 0) is 35.1 Å². The van der Waals surface area contributed by atoms with Gasteiger partial charge in [-0.1, -0.05) is 30.3 Å². The molecule has 0 aromatic heterocycles. The molecule has 0 spiro atoms. The summed E-state index contributed by atoms with van der Waals surface area (Å²) < 4.78 is 21.2. The Balaban J connectivity index is 1.74. The summed E-state index contributed by atoms with van der Waals surface area (Å²) in [5.74, 6) is -1.74. The van der Waals surface area contributed by atoms with Gasteiger partial charge >= 0.3 is 18.0 Å². The minimum atomic E-state index is -0.970. The Morgan fingerprint density at radius 2 is 1.82 bits per heavy atom. The van der Waals surface area contributed by atoms with Gasteiger partial charge in [0.25, 0.3) is 0 Å². The highest BCUT2D eigenvalue weighted by molar-refractivity contribution is 5.86. The summed E-state index contributed by atoms with van der Waals surface area (Å²) >= 11 is 0. The number of fused-ring (bicyclic) bond motifs is 1. The molecule has 1 aromatic carbocycles. The maximum atomic E-state index is 12.8. The van der Waals surface area contributed by atoms with Gasteiger partial charge in [-0.15, -0.1) is 0 Å². The highest BCUT2D eigenvalue weighted by Gasteiger charge is 2.66. The summed E-state index contributed by atoms with van der Waals surface area (Å²) in [5.41, 5.74) is 0.151. The van der Waals surface area contributed by atoms with Crippen LogP contribution in [0, 0.1) is 5.92 Å². The van der Waals surface area contributed by atoms with Crippen LogP contribution in [0.3, 0.4) is 0 Å². The molecule has 0 N–H and O–H groups in total. The average molecular weight is 391 g/mol. The van der Waals surface area contributed by atoms with Gasteiger partial charge in [0.1, 0.15) is 18.1 Å². The number of esters is 2. The first kappa shape index (κ1) is 20.1. The second-order valence-electron chi connectivity index (χ2n) is 7.83. The van der Waals surface area contributed by atoms with E-state index in [0.29, 0.717) is 0 Å². The molecule has 3 rings (SSSR count). The van der Waals surface area contributed by atoms with E-state index in [4.69, 9.17) is 18.9 Å². The lowest BCUT2D eigenvalue weighted by Gasteiger charge is -2.32. The van der Waals surface area contributed by atoms with Gasteiger partial charge in [0.2, 0.25) is 0 Å². The summed E-state index contributed by atoms with van der Waals surface area (Å²) in [6.07, 6.45) is -1.20. The SMILES string of the molecule is COC(=O)[C@@H]1CO[C@H]2[C@H](C(=O)OC(C)(C)C)[C@H]2N1C(=O)OCc1ccccc1. The quantitative estimate of drug-likeness (QED) is 0.572. The largest absolute Gasteiger partial charge is 0.467 e. The molecule has 0 unspecified atom stereocenters. The van der Waals surface area contributed by atoms with Gasteiger partial charge in [-0.25, -0.2) is 9.59 Å². The maximum Gasteiger partial charge on any atom is 0.411 e. The zero-order valence-corrected chi connectivity index (χ0v) is 16.4. The Hall–Kier alpha value is -2.61. The van der Waals surface area contributed by atoms with E-state index in [0.717, 1.165) is 5.56 Å². The molecule has 1 amide bonds. The molecular weight excluding hydrogens is 366 g/mol. The second kappa shape index (κ2) is 7.79. The number of benzene rings is 1. The van der Waals surface area contributed by atoms with Crippen LogP contribution >= 0.6 is 0 Å². The average Bonchev–Trinajstić information content (AvgIpc) is 3.38. The fourth-order valence-electron chi connectivity index (χ4n) is 3.30. The summed E-state index contributed by atoms with van der Waals surface area (Å²) in [4.78, 5) is 38.7. The molecule has 1 saturated carbocycles. The molecule has 2 aliphatic rings. The molecule has 1 aliphatic heterocycles. The van der Waals surface area contributed by atoms with Crippen molar-refractivity contribution in [2.24, 2.45) is 5.92 Å². The smallest absolute Gasteiger partial charge is 0.411 e. The van der Waals surface area contributed by atoms with Crippen molar-refractivity contribution in [2.45, 2.75) is 51.2 Å². The van der Waals surface area contributed by atoms with Gasteiger partial charge < -0.3 is 18.9 Å². The summed E-state index contributed by atoms with van der Waals surface area (Å²) in [6, 6.07) is 7.61. The highest BCUT2D eigenvalue weighted by atomic mass is 16.6. The zero-order valence-electron chi connectivity index (χ0n) is 16.4. The molecule has 0 bridgehead atoms. The van der Waals surface area contributed by atoms with Crippen molar-refractivity contribution in [1.29, 1.82) is 0 Å². The maximum absolute atomic E-state index is 12.8. The number of carbonyl (C=O) groups excluding carboxylic acids is 3. The van der Waals surface area contributed by atoms with Crippen molar-refractivity contribution in [1.82, 2.24) is 4.90 Å². The summed E-state index contributed by atoms with van der Waals surface area (Å²) in [6.45, 7) is 5.29. The molecule has 8 heteroatoms. The van der Waals surface area contributed by atoms with Crippen molar-refractivity contribution in [3.05, 3.63) is 35.9 Å². The van der Waals surface area contributed by atoms with Gasteiger partial charge in [-0.3, -0.25) is 9.69 Å². The summed E-state index contributed by atoms with van der Waals surface area (Å²) in [5, 5.41) is 0. The van der Waals surface area contributed by atoms with E-state index in [2.05, 4.69) is 0 Å². The van der Waals surface area contributed by atoms with Gasteiger partial charge in [-0.05, 0) is 26.3 Å². The third-order valence-electron chi connectivity index (χ3n) is 4.59. The lowest BCUT2D eigenvalue weighted by molar-refractivity contribution is -0.157. The highest BCUT2D eigenvalue weighted by Crippen LogP contribution is 2.45. The fourth-order valence-corrected chi connectivity index (χ4v) is 3.30. The molecule has 8 nitrogen and oxygen atoms in total. The molecule has 1 saturated heterocycles. The van der Waals surface area contributed by atoms with E-state index in [1.807, 2.05) is 30.3 Å². The minimum absolute atomic E-state index is 0.0550. The van der Waals surface area contributed by atoms with E-state index in [9.17, 15) is 14.4 Å². The van der Waals surface area contributed by atoms with E-state index < -0.39 is 47.7 Å². The van der Waals surface area contributed by atoms with Gasteiger partial charge in [-0.2, -0.15) is 0 Å². The Kier molecular flexibility index (Phi) is 5.60. The number of hydrogen-bond acceptors (Lipinski definition) is 7. The molecule has 152 valence electrons. The standard InChI is InChI=1S/C20H25NO7/c1-20(2,3)28-18(23)14-15-16(14)26-11-13(17(22)25-4)21(15)19(24)27-10-12-8-6-5-7-9-12/h5-9,13-16H,10-11H2,1-4H3/t13-,14+,15+,16-/m0/s1. The first-order valence-corrected chi connectivity index (χ1v) is 9.14. The lowest BCUT2D eigenvalue weighted by atomic mass is 10.2. The predicted octanol–water partition coefficient (Wildman–Crippen LogP) is 1.91. The third-order valence-corrected chi connectivity index (χ3v) is 4.59. The molecule has 0 radical (unpaired) electrons. The van der Waals surface area contributed by atoms with Crippen molar-refractivity contribution >= 4 is 18.0 Å². The van der Waals surface area contributed by atoms with E-state index in [-0.39, 0.29) is 13.2 Å². The monoisotopic (exact) mass is 391 g/mol. The number of ether oxygens (including phenoxy) is 4. The molecule has 4 atom stereocenters. The fraction of sp³-hybridized carbons (Fsp3) is 0.550. The molecule has 28 heavy (non-hydrogen) atoms. The van der Waals surface area contributed by atoms with E-state index in [1.54, 1.807) is 20.8 Å². The Labute approximate surface area is 163 Å². The third kappa shape index (κ3) is 4.27. The second-order valence-corrected chi connectivity index (χ2v) is 7.83. The van der Waals surface area contributed by atoms with Gasteiger partial charge in [0.05, 0.1) is 25.9 Å². The van der Waals surface area contributed by atoms with Gasteiger partial charge in [0.15, 0.2) is 6.04 Å². The topological polar surface area (TPSA) is 91.4 Å². The number of methoxy groups -OCH3 is 1. The molecule has 1 aliphatic carbocycles. The number of hydrogen-bond donors (Lipinski definition) is 0. The van der Waals surface area contributed by atoms with Crippen LogP contribution in [0.2, 0.25) is 0 Å². The number of rotatable bonds is 4. The van der Waals surface area contributed by atoms with Gasteiger partial charge in [0, 0.05) is 0 Å². The van der Waals surface area contributed by atoms with Crippen LogP contribution in [0.1, 0.15) is 26.3 Å². The van der Waals surface area contributed by atoms with Crippen LogP contribution < -0.4 is 0 Å². The van der Waals surface area contributed by atoms with Crippen molar-refractivity contribution in [3.8, 4) is 0 Å². The number of carbonyl (C=O) groups is 3. The zero-order chi connectivity index (χ0) is 20.5. The molecule has 2 fully saturated rings.